The molecule has 0 unspecified atom stereocenters. The normalized spacial score (nSPS) is 12.1. The van der Waals surface area contributed by atoms with Crippen molar-refractivity contribution in [2.24, 2.45) is 0 Å². The van der Waals surface area contributed by atoms with Gasteiger partial charge < -0.3 is 35.4 Å². The Labute approximate surface area is 198 Å². The number of nitrogens with zero attached hydrogens (tertiary/aromatic N) is 1. The van der Waals surface area contributed by atoms with E-state index in [0.29, 0.717) is 17.7 Å². The third kappa shape index (κ3) is 8.32. The summed E-state index contributed by atoms with van der Waals surface area (Å²) < 4.78 is 5.38. The summed E-state index contributed by atoms with van der Waals surface area (Å²) in [6.45, 7) is 7.20. The summed E-state index contributed by atoms with van der Waals surface area (Å²) in [6, 6.07) is 8.18. The molecule has 2 rings (SSSR count). The summed E-state index contributed by atoms with van der Waals surface area (Å²) >= 11 is 0. The van der Waals surface area contributed by atoms with Crippen molar-refractivity contribution < 1.29 is 34.8 Å². The van der Waals surface area contributed by atoms with Crippen LogP contribution >= 0.6 is 0 Å². The molecule has 0 spiro atoms. The number of amides is 1. The van der Waals surface area contributed by atoms with E-state index in [4.69, 9.17) is 4.74 Å². The lowest BCUT2D eigenvalue weighted by molar-refractivity contribution is -0.151. The Bertz CT molecular complexity index is 1000. The van der Waals surface area contributed by atoms with Gasteiger partial charge in [0.05, 0.1) is 0 Å². The predicted octanol–water partition coefficient (Wildman–Crippen LogP) is 2.52. The number of carbonyl (C=O) groups excluding carboxylic acids is 2. The van der Waals surface area contributed by atoms with Crippen molar-refractivity contribution in [3.05, 3.63) is 53.6 Å². The largest absolute Gasteiger partial charge is 0.504 e. The maximum atomic E-state index is 12.8. The van der Waals surface area contributed by atoms with Crippen molar-refractivity contribution in [1.29, 1.82) is 0 Å². The van der Waals surface area contributed by atoms with Crippen LogP contribution in [0, 0.1) is 0 Å². The Morgan fingerprint density at radius 2 is 1.62 bits per heavy atom. The summed E-state index contributed by atoms with van der Waals surface area (Å²) in [5.74, 6) is -2.50. The Morgan fingerprint density at radius 3 is 2.24 bits per heavy atom. The highest BCUT2D eigenvalue weighted by Gasteiger charge is 2.23. The first-order chi connectivity index (χ1) is 16.2. The van der Waals surface area contributed by atoms with Crippen LogP contribution in [0.3, 0.4) is 0 Å². The first-order valence-corrected chi connectivity index (χ1v) is 11.1. The van der Waals surface area contributed by atoms with Crippen molar-refractivity contribution in [3.63, 3.8) is 0 Å². The molecule has 0 aromatic heterocycles. The highest BCUT2D eigenvalue weighted by atomic mass is 16.5. The average molecular weight is 473 g/mol. The van der Waals surface area contributed by atoms with Crippen LogP contribution in [0.2, 0.25) is 0 Å². The van der Waals surface area contributed by atoms with Crippen LogP contribution in [-0.4, -0.2) is 69.5 Å². The second-order valence-corrected chi connectivity index (χ2v) is 7.71. The summed E-state index contributed by atoms with van der Waals surface area (Å²) in [5, 5.41) is 41.0. The second-order valence-electron chi connectivity index (χ2n) is 7.71. The van der Waals surface area contributed by atoms with Crippen LogP contribution in [0.5, 0.6) is 23.0 Å². The van der Waals surface area contributed by atoms with Gasteiger partial charge >= 0.3 is 5.97 Å². The van der Waals surface area contributed by atoms with Crippen LogP contribution in [0.4, 0.5) is 0 Å². The van der Waals surface area contributed by atoms with Gasteiger partial charge in [-0.3, -0.25) is 4.79 Å². The number of phenolic OH excluding ortho intramolecular Hbond substituents is 4. The molecule has 0 aliphatic rings. The number of phenols is 4. The topological polar surface area (TPSA) is 140 Å². The summed E-state index contributed by atoms with van der Waals surface area (Å²) in [4.78, 5) is 27.4. The first-order valence-electron chi connectivity index (χ1n) is 11.1. The Balaban J connectivity index is 2.06. The lowest BCUT2D eigenvalue weighted by Crippen LogP contribution is -2.40. The number of carbonyl (C=O) groups is 2. The number of nitrogens with one attached hydrogen (secondary N) is 1. The highest BCUT2D eigenvalue weighted by Crippen LogP contribution is 2.26. The zero-order valence-electron chi connectivity index (χ0n) is 19.4. The van der Waals surface area contributed by atoms with Crippen molar-refractivity contribution in [2.75, 3.05) is 26.2 Å². The van der Waals surface area contributed by atoms with Gasteiger partial charge in [0.15, 0.2) is 29.1 Å². The van der Waals surface area contributed by atoms with Gasteiger partial charge in [-0.1, -0.05) is 26.0 Å². The van der Waals surface area contributed by atoms with Gasteiger partial charge in [0, 0.05) is 19.0 Å². The number of benzene rings is 2. The van der Waals surface area contributed by atoms with E-state index in [-0.39, 0.29) is 29.4 Å². The predicted molar refractivity (Wildman–Crippen MR) is 128 cm³/mol. The van der Waals surface area contributed by atoms with Crippen molar-refractivity contribution in [1.82, 2.24) is 10.2 Å². The molecule has 34 heavy (non-hydrogen) atoms. The maximum absolute atomic E-state index is 12.8. The van der Waals surface area contributed by atoms with Crippen LogP contribution in [0.1, 0.15) is 31.4 Å². The van der Waals surface area contributed by atoms with E-state index in [9.17, 15) is 30.0 Å². The third-order valence-electron chi connectivity index (χ3n) is 5.27. The lowest BCUT2D eigenvalue weighted by atomic mass is 10.1. The summed E-state index contributed by atoms with van der Waals surface area (Å²) in [6.07, 6.45) is 2.06. The molecule has 0 saturated heterocycles. The monoisotopic (exact) mass is 472 g/mol. The van der Waals surface area contributed by atoms with E-state index >= 15 is 0 Å². The summed E-state index contributed by atoms with van der Waals surface area (Å²) in [5.41, 5.74) is 0.951. The van der Waals surface area contributed by atoms with E-state index in [1.165, 1.54) is 42.5 Å². The van der Waals surface area contributed by atoms with E-state index in [1.54, 1.807) is 0 Å². The van der Waals surface area contributed by atoms with E-state index in [2.05, 4.69) is 24.1 Å². The molecule has 9 nitrogen and oxygen atoms in total. The van der Waals surface area contributed by atoms with Gasteiger partial charge in [-0.05, 0) is 67.5 Å². The van der Waals surface area contributed by atoms with Gasteiger partial charge in [0.1, 0.15) is 0 Å². The van der Waals surface area contributed by atoms with Gasteiger partial charge in [-0.25, -0.2) is 4.79 Å². The van der Waals surface area contributed by atoms with Gasteiger partial charge in [0.25, 0.3) is 5.91 Å². The molecule has 2 aromatic rings. The maximum Gasteiger partial charge on any atom is 0.331 e. The van der Waals surface area contributed by atoms with Gasteiger partial charge in [0.2, 0.25) is 0 Å². The van der Waals surface area contributed by atoms with Gasteiger partial charge in [-0.2, -0.15) is 0 Å². The van der Waals surface area contributed by atoms with Crippen LogP contribution < -0.4 is 5.32 Å². The molecule has 0 heterocycles. The Kier molecular flexibility index (Phi) is 10.2. The molecule has 0 fully saturated rings. The smallest absolute Gasteiger partial charge is 0.331 e. The molecule has 0 bridgehead atoms. The van der Waals surface area contributed by atoms with E-state index < -0.39 is 18.0 Å². The minimum atomic E-state index is -1.16. The van der Waals surface area contributed by atoms with Crippen LogP contribution in [0.25, 0.3) is 6.08 Å². The molecular formula is C25H32N2O7. The Hall–Kier alpha value is -3.72. The fraction of sp³-hybridized carbons (Fsp3) is 0.360. The average Bonchev–Trinajstić information content (AvgIpc) is 2.81. The standard InChI is InChI=1S/C25H32N2O7/c1-3-27(4-2)13-5-12-26-25(33)23(16-18-7-10-20(29)22(31)15-18)34-24(32)11-8-17-6-9-19(28)21(30)14-17/h6-11,14-15,23,28-31H,3-5,12-13,16H2,1-2H3,(H,26,33)/b11-8+/t23-/m1/s1. The number of hydrogen-bond donors (Lipinski definition) is 5. The molecular weight excluding hydrogens is 440 g/mol. The fourth-order valence-electron chi connectivity index (χ4n) is 3.25. The quantitative estimate of drug-likeness (QED) is 0.137. The van der Waals surface area contributed by atoms with Crippen molar-refractivity contribution in [2.45, 2.75) is 32.8 Å². The van der Waals surface area contributed by atoms with E-state index in [0.717, 1.165) is 32.1 Å². The zero-order chi connectivity index (χ0) is 25.1. The zero-order valence-corrected chi connectivity index (χ0v) is 19.4. The molecule has 9 heteroatoms. The fourth-order valence-corrected chi connectivity index (χ4v) is 3.25. The molecule has 1 atom stereocenters. The molecule has 0 aliphatic heterocycles. The molecule has 5 N–H and O–H groups in total. The number of ether oxygens (including phenoxy) is 1. The lowest BCUT2D eigenvalue weighted by Gasteiger charge is -2.19. The third-order valence-corrected chi connectivity index (χ3v) is 5.27. The molecule has 0 radical (unpaired) electrons. The minimum Gasteiger partial charge on any atom is -0.504 e. The number of aromatic hydroxyl groups is 4. The van der Waals surface area contributed by atoms with Gasteiger partial charge in [-0.15, -0.1) is 0 Å². The first kappa shape index (κ1) is 26.5. The minimum absolute atomic E-state index is 0.00467. The SMILES string of the molecule is CCN(CC)CCCNC(=O)[C@@H](Cc1ccc(O)c(O)c1)OC(=O)/C=C/c1ccc(O)c(O)c1. The number of rotatable bonds is 12. The molecule has 0 saturated carbocycles. The molecule has 2 aromatic carbocycles. The van der Waals surface area contributed by atoms with Crippen LogP contribution in [-0.2, 0) is 20.7 Å². The van der Waals surface area contributed by atoms with Crippen molar-refractivity contribution in [3.8, 4) is 23.0 Å². The second kappa shape index (κ2) is 13.1. The summed E-state index contributed by atoms with van der Waals surface area (Å²) in [7, 11) is 0. The van der Waals surface area contributed by atoms with E-state index in [1.807, 2.05) is 0 Å². The Morgan fingerprint density at radius 1 is 0.971 bits per heavy atom. The molecule has 1 amide bonds. The number of esters is 1. The van der Waals surface area contributed by atoms with Crippen molar-refractivity contribution >= 4 is 18.0 Å². The highest BCUT2D eigenvalue weighted by molar-refractivity contribution is 5.90. The molecule has 184 valence electrons. The van der Waals surface area contributed by atoms with Crippen LogP contribution in [0.15, 0.2) is 42.5 Å². The number of hydrogen-bond acceptors (Lipinski definition) is 8. The molecule has 0 aliphatic carbocycles.